The minimum absolute atomic E-state index is 0.0202. The molecule has 3 rings (SSSR count). The Bertz CT molecular complexity index is 635. The van der Waals surface area contributed by atoms with Gasteiger partial charge in [0, 0.05) is 45.5 Å². The maximum atomic E-state index is 12.8. The highest BCUT2D eigenvalue weighted by Crippen LogP contribution is 2.23. The summed E-state index contributed by atoms with van der Waals surface area (Å²) in [6.45, 7) is 8.50. The van der Waals surface area contributed by atoms with E-state index in [1.165, 1.54) is 12.8 Å². The van der Waals surface area contributed by atoms with Crippen molar-refractivity contribution < 1.29 is 14.3 Å². The molecule has 2 amide bonds. The summed E-state index contributed by atoms with van der Waals surface area (Å²) in [4.78, 5) is 34.6. The third kappa shape index (κ3) is 4.26. The van der Waals surface area contributed by atoms with E-state index >= 15 is 0 Å². The Balaban J connectivity index is 1.60. The molecule has 3 heterocycles. The third-order valence-corrected chi connectivity index (χ3v) is 5.21. The van der Waals surface area contributed by atoms with Crippen LogP contribution in [0.1, 0.15) is 37.0 Å². The molecule has 142 valence electrons. The van der Waals surface area contributed by atoms with E-state index in [-0.39, 0.29) is 12.0 Å². The fourth-order valence-corrected chi connectivity index (χ4v) is 3.47. The molecule has 2 saturated heterocycles. The Morgan fingerprint density at radius 2 is 1.73 bits per heavy atom. The van der Waals surface area contributed by atoms with Crippen LogP contribution in [-0.4, -0.2) is 72.7 Å². The molecule has 1 aromatic heterocycles. The van der Waals surface area contributed by atoms with Crippen molar-refractivity contribution in [2.75, 3.05) is 50.8 Å². The number of hydrogen-bond donors (Lipinski definition) is 0. The quantitative estimate of drug-likeness (QED) is 0.827. The minimum atomic E-state index is -0.303. The molecule has 0 aromatic carbocycles. The zero-order valence-electron chi connectivity index (χ0n) is 15.7. The average Bonchev–Trinajstić information content (AvgIpc) is 2.68. The van der Waals surface area contributed by atoms with Crippen LogP contribution in [0.4, 0.5) is 10.5 Å². The summed E-state index contributed by atoms with van der Waals surface area (Å²) in [6, 6.07) is 1.95. The molecular formula is C19H28N4O3. The molecule has 0 unspecified atom stereocenters. The first kappa shape index (κ1) is 18.5. The molecule has 7 nitrogen and oxygen atoms in total. The van der Waals surface area contributed by atoms with Crippen molar-refractivity contribution in [2.45, 2.75) is 26.7 Å². The third-order valence-electron chi connectivity index (χ3n) is 5.21. The van der Waals surface area contributed by atoms with Crippen LogP contribution >= 0.6 is 0 Å². The van der Waals surface area contributed by atoms with E-state index in [1.807, 2.05) is 12.3 Å². The highest BCUT2D eigenvalue weighted by Gasteiger charge is 2.26. The van der Waals surface area contributed by atoms with Crippen LogP contribution in [-0.2, 0) is 4.74 Å². The van der Waals surface area contributed by atoms with E-state index in [0.717, 1.165) is 24.7 Å². The first-order valence-corrected chi connectivity index (χ1v) is 9.49. The van der Waals surface area contributed by atoms with E-state index in [0.29, 0.717) is 38.3 Å². The molecule has 0 saturated carbocycles. The topological polar surface area (TPSA) is 66.0 Å². The lowest BCUT2D eigenvalue weighted by Gasteiger charge is -2.34. The number of hydrogen-bond acceptors (Lipinski definition) is 5. The van der Waals surface area contributed by atoms with Crippen LogP contribution in [0.25, 0.3) is 0 Å². The van der Waals surface area contributed by atoms with E-state index in [1.54, 1.807) is 22.9 Å². The van der Waals surface area contributed by atoms with Gasteiger partial charge in [0.15, 0.2) is 0 Å². The van der Waals surface area contributed by atoms with Gasteiger partial charge >= 0.3 is 6.09 Å². The summed E-state index contributed by atoms with van der Waals surface area (Å²) in [5.41, 5.74) is 1.64. The average molecular weight is 360 g/mol. The standard InChI is InChI=1S/C19H28N4O3/c1-3-26-19(25)23-10-8-22(9-11-23)18(24)16-12-17(14-20-13-16)21-6-4-15(2)5-7-21/h12-15H,3-11H2,1-2H3. The number of carbonyl (C=O) groups is 2. The van der Waals surface area contributed by atoms with Gasteiger partial charge < -0.3 is 19.4 Å². The molecular weight excluding hydrogens is 332 g/mol. The Kier molecular flexibility index (Phi) is 5.96. The molecule has 7 heteroatoms. The van der Waals surface area contributed by atoms with Crippen molar-refractivity contribution in [3.63, 3.8) is 0 Å². The minimum Gasteiger partial charge on any atom is -0.450 e. The van der Waals surface area contributed by atoms with E-state index in [9.17, 15) is 9.59 Å². The number of aromatic nitrogens is 1. The SMILES string of the molecule is CCOC(=O)N1CCN(C(=O)c2cncc(N3CCC(C)CC3)c2)CC1. The molecule has 0 radical (unpaired) electrons. The molecule has 1 aromatic rings. The molecule has 0 atom stereocenters. The van der Waals surface area contributed by atoms with Crippen molar-refractivity contribution in [1.82, 2.24) is 14.8 Å². The highest BCUT2D eigenvalue weighted by molar-refractivity contribution is 5.95. The Morgan fingerprint density at radius 1 is 1.08 bits per heavy atom. The second-order valence-electron chi connectivity index (χ2n) is 7.08. The van der Waals surface area contributed by atoms with Crippen LogP contribution in [0, 0.1) is 5.92 Å². The number of piperazine rings is 1. The van der Waals surface area contributed by atoms with Gasteiger partial charge in [0.05, 0.1) is 24.1 Å². The molecule has 0 N–H and O–H groups in total. The normalized spacial score (nSPS) is 18.8. The Hall–Kier alpha value is -2.31. The van der Waals surface area contributed by atoms with E-state index in [4.69, 9.17) is 4.74 Å². The summed E-state index contributed by atoms with van der Waals surface area (Å²) < 4.78 is 5.02. The number of carbonyl (C=O) groups excluding carboxylic acids is 2. The van der Waals surface area contributed by atoms with Crippen LogP contribution in [0.3, 0.4) is 0 Å². The maximum absolute atomic E-state index is 12.8. The molecule has 0 bridgehead atoms. The number of ether oxygens (including phenoxy) is 1. The largest absolute Gasteiger partial charge is 0.450 e. The first-order valence-electron chi connectivity index (χ1n) is 9.49. The predicted molar refractivity (Wildman–Crippen MR) is 99.3 cm³/mol. The fraction of sp³-hybridized carbons (Fsp3) is 0.632. The number of piperidine rings is 1. The van der Waals surface area contributed by atoms with E-state index in [2.05, 4.69) is 16.8 Å². The van der Waals surface area contributed by atoms with Crippen molar-refractivity contribution in [1.29, 1.82) is 0 Å². The van der Waals surface area contributed by atoms with Gasteiger partial charge in [0.2, 0.25) is 0 Å². The van der Waals surface area contributed by atoms with Gasteiger partial charge in [0.1, 0.15) is 0 Å². The second-order valence-corrected chi connectivity index (χ2v) is 7.08. The zero-order chi connectivity index (χ0) is 18.5. The zero-order valence-corrected chi connectivity index (χ0v) is 15.7. The van der Waals surface area contributed by atoms with Crippen LogP contribution in [0.5, 0.6) is 0 Å². The van der Waals surface area contributed by atoms with Crippen LogP contribution in [0.15, 0.2) is 18.5 Å². The van der Waals surface area contributed by atoms with Gasteiger partial charge in [-0.25, -0.2) is 4.79 Å². The number of anilines is 1. The van der Waals surface area contributed by atoms with Crippen molar-refractivity contribution in [3.05, 3.63) is 24.0 Å². The van der Waals surface area contributed by atoms with Crippen LogP contribution < -0.4 is 4.90 Å². The summed E-state index contributed by atoms with van der Waals surface area (Å²) in [7, 11) is 0. The van der Waals surface area contributed by atoms with Gasteiger partial charge in [0.25, 0.3) is 5.91 Å². The fourth-order valence-electron chi connectivity index (χ4n) is 3.47. The first-order chi connectivity index (χ1) is 12.6. The molecule has 26 heavy (non-hydrogen) atoms. The lowest BCUT2D eigenvalue weighted by molar-refractivity contribution is 0.0570. The summed E-state index contributed by atoms with van der Waals surface area (Å²) >= 11 is 0. The van der Waals surface area contributed by atoms with Gasteiger partial charge in [-0.1, -0.05) is 6.92 Å². The molecule has 0 aliphatic carbocycles. The van der Waals surface area contributed by atoms with Crippen molar-refractivity contribution >= 4 is 17.7 Å². The van der Waals surface area contributed by atoms with Crippen molar-refractivity contribution in [3.8, 4) is 0 Å². The van der Waals surface area contributed by atoms with E-state index < -0.39 is 0 Å². The number of rotatable bonds is 3. The van der Waals surface area contributed by atoms with Crippen LogP contribution in [0.2, 0.25) is 0 Å². The highest BCUT2D eigenvalue weighted by atomic mass is 16.6. The summed E-state index contributed by atoms with van der Waals surface area (Å²) in [5, 5.41) is 0. The lowest BCUT2D eigenvalue weighted by atomic mass is 9.99. The monoisotopic (exact) mass is 360 g/mol. The second kappa shape index (κ2) is 8.38. The smallest absolute Gasteiger partial charge is 0.409 e. The molecule has 2 aliphatic rings. The van der Waals surface area contributed by atoms with Crippen molar-refractivity contribution in [2.24, 2.45) is 5.92 Å². The van der Waals surface area contributed by atoms with Gasteiger partial charge in [-0.2, -0.15) is 0 Å². The molecule has 0 spiro atoms. The molecule has 2 aliphatic heterocycles. The predicted octanol–water partition coefficient (Wildman–Crippen LogP) is 2.23. The van der Waals surface area contributed by atoms with Gasteiger partial charge in [-0.15, -0.1) is 0 Å². The Labute approximate surface area is 154 Å². The van der Waals surface area contributed by atoms with Gasteiger partial charge in [-0.05, 0) is 31.7 Å². The van der Waals surface area contributed by atoms with Gasteiger partial charge in [-0.3, -0.25) is 9.78 Å². The Morgan fingerprint density at radius 3 is 2.38 bits per heavy atom. The number of pyridine rings is 1. The molecule has 2 fully saturated rings. The summed E-state index contributed by atoms with van der Waals surface area (Å²) in [6.07, 6.45) is 5.52. The summed E-state index contributed by atoms with van der Waals surface area (Å²) in [5.74, 6) is 0.743. The maximum Gasteiger partial charge on any atom is 0.409 e. The number of nitrogens with zero attached hydrogens (tertiary/aromatic N) is 4. The number of amides is 2. The lowest BCUT2D eigenvalue weighted by Crippen LogP contribution is -2.50.